The molecule has 4 aliphatic carbocycles. The maximum atomic E-state index is 12.2. The number of benzene rings is 4. The topological polar surface area (TPSA) is 84.7 Å². The highest BCUT2D eigenvalue weighted by atomic mass is 16.5. The Morgan fingerprint density at radius 3 is 1.15 bits per heavy atom. The van der Waals surface area contributed by atoms with Gasteiger partial charge in [0.15, 0.2) is 0 Å². The van der Waals surface area contributed by atoms with E-state index < -0.39 is 0 Å². The summed E-state index contributed by atoms with van der Waals surface area (Å²) in [5, 5.41) is 24.3. The van der Waals surface area contributed by atoms with Crippen molar-refractivity contribution >= 4 is 0 Å². The SMILES string of the molecule is CC(C[C@@H](C)Oc1ccccc1-c1cncc(-c2c3c(cc4c2CCCC4)CCCC3)c1O)Oc1ccccc1-c1cncc(-c2c3c(cc4c2CCCC4)CCCC3)c1O. The van der Waals surface area contributed by atoms with Crippen LogP contribution in [0.4, 0.5) is 0 Å². The molecule has 0 radical (unpaired) electrons. The molecule has 2 N–H and O–H groups in total. The normalized spacial score (nSPS) is 16.7. The van der Waals surface area contributed by atoms with Crippen LogP contribution in [0, 0.1) is 0 Å². The Labute approximate surface area is 361 Å². The number of aryl methyl sites for hydroxylation is 4. The highest BCUT2D eigenvalue weighted by molar-refractivity contribution is 5.88. The third kappa shape index (κ3) is 7.57. The molecule has 0 saturated heterocycles. The molecular formula is C55H58N2O4. The van der Waals surface area contributed by atoms with Crippen LogP contribution in [0.5, 0.6) is 23.0 Å². The number of aromatic nitrogens is 2. The van der Waals surface area contributed by atoms with Crippen molar-refractivity contribution in [3.05, 3.63) is 130 Å². The Kier molecular flexibility index (Phi) is 11.0. The van der Waals surface area contributed by atoms with E-state index in [1.807, 2.05) is 60.9 Å². The van der Waals surface area contributed by atoms with Crippen LogP contribution in [-0.4, -0.2) is 32.4 Å². The molecule has 4 aromatic carbocycles. The summed E-state index contributed by atoms with van der Waals surface area (Å²) >= 11 is 0. The number of aromatic hydroxyl groups is 2. The van der Waals surface area contributed by atoms with Crippen molar-refractivity contribution in [2.24, 2.45) is 0 Å². The minimum absolute atomic E-state index is 0.205. The number of hydrogen-bond donors (Lipinski definition) is 2. The molecule has 6 aromatic rings. The molecular weight excluding hydrogens is 753 g/mol. The number of rotatable bonds is 10. The van der Waals surface area contributed by atoms with Gasteiger partial charge >= 0.3 is 0 Å². The lowest BCUT2D eigenvalue weighted by molar-refractivity contribution is 0.131. The number of fused-ring (bicyclic) bond motifs is 4. The summed E-state index contributed by atoms with van der Waals surface area (Å²) in [4.78, 5) is 9.51. The van der Waals surface area contributed by atoms with Gasteiger partial charge in [-0.15, -0.1) is 0 Å². The van der Waals surface area contributed by atoms with Gasteiger partial charge in [-0.25, -0.2) is 0 Å². The summed E-state index contributed by atoms with van der Waals surface area (Å²) in [5.41, 5.74) is 18.6. The van der Waals surface area contributed by atoms with Gasteiger partial charge in [-0.1, -0.05) is 48.5 Å². The van der Waals surface area contributed by atoms with E-state index in [1.165, 1.54) is 107 Å². The molecule has 4 aliphatic rings. The summed E-state index contributed by atoms with van der Waals surface area (Å²) < 4.78 is 13.4. The Morgan fingerprint density at radius 1 is 0.443 bits per heavy atom. The van der Waals surface area contributed by atoms with Crippen LogP contribution in [-0.2, 0) is 51.4 Å². The molecule has 0 bridgehead atoms. The van der Waals surface area contributed by atoms with Crippen LogP contribution >= 0.6 is 0 Å². The van der Waals surface area contributed by atoms with Crippen LogP contribution in [0.25, 0.3) is 44.5 Å². The molecule has 0 amide bonds. The van der Waals surface area contributed by atoms with Crippen molar-refractivity contribution in [2.45, 2.75) is 135 Å². The molecule has 6 heteroatoms. The molecule has 312 valence electrons. The Bertz CT molecular complexity index is 2360. The van der Waals surface area contributed by atoms with E-state index in [0.717, 1.165) is 73.6 Å². The average Bonchev–Trinajstić information content (AvgIpc) is 3.28. The van der Waals surface area contributed by atoms with Crippen LogP contribution in [0.2, 0.25) is 0 Å². The summed E-state index contributed by atoms with van der Waals surface area (Å²) in [6.07, 6.45) is 25.7. The molecule has 0 aliphatic heterocycles. The van der Waals surface area contributed by atoms with Crippen LogP contribution in [0.3, 0.4) is 0 Å². The highest BCUT2D eigenvalue weighted by Crippen LogP contribution is 2.48. The van der Waals surface area contributed by atoms with E-state index in [9.17, 15) is 10.2 Å². The standard InChI is InChI=1S/C55H58N2O4/c1-34(60-50-25-13-11-23-44(50)46-30-56-32-48(54(46)58)52-40-19-7-3-15-36(40)28-37-16-4-8-20-41(37)52)27-35(2)61-51-26-14-12-24-45(51)47-31-57-33-49(55(47)59)53-42-21-9-5-17-38(42)29-39-18-6-10-22-43(39)53/h11-14,23-26,28-35H,3-10,15-22,27H2,1-2H3,(H,56,58)(H,57,59)/t34-,35?/m1/s1. The van der Waals surface area contributed by atoms with Gasteiger partial charge in [0.05, 0.1) is 12.2 Å². The van der Waals surface area contributed by atoms with Crippen molar-refractivity contribution in [1.29, 1.82) is 0 Å². The third-order valence-corrected chi connectivity index (χ3v) is 14.0. The fraction of sp³-hybridized carbons (Fsp3) is 0.382. The van der Waals surface area contributed by atoms with Gasteiger partial charge in [-0.3, -0.25) is 9.97 Å². The van der Waals surface area contributed by atoms with Crippen molar-refractivity contribution in [1.82, 2.24) is 9.97 Å². The lowest BCUT2D eigenvalue weighted by Gasteiger charge is -2.28. The van der Waals surface area contributed by atoms with Gasteiger partial charge in [0.25, 0.3) is 0 Å². The molecule has 2 atom stereocenters. The zero-order valence-corrected chi connectivity index (χ0v) is 35.9. The van der Waals surface area contributed by atoms with E-state index in [2.05, 4.69) is 26.0 Å². The number of pyridine rings is 2. The number of nitrogens with zero attached hydrogens (tertiary/aromatic N) is 2. The van der Waals surface area contributed by atoms with Crippen LogP contribution < -0.4 is 9.47 Å². The fourth-order valence-electron chi connectivity index (χ4n) is 11.2. The van der Waals surface area contributed by atoms with Gasteiger partial charge in [-0.05, 0) is 184 Å². The average molecular weight is 811 g/mol. The first kappa shape index (κ1) is 39.5. The zero-order chi connectivity index (χ0) is 41.5. The first-order valence-corrected chi connectivity index (χ1v) is 23.1. The van der Waals surface area contributed by atoms with E-state index >= 15 is 0 Å². The largest absolute Gasteiger partial charge is 0.507 e. The van der Waals surface area contributed by atoms with Gasteiger partial charge < -0.3 is 19.7 Å². The van der Waals surface area contributed by atoms with Crippen LogP contribution in [0.15, 0.2) is 85.5 Å². The predicted molar refractivity (Wildman–Crippen MR) is 245 cm³/mol. The maximum absolute atomic E-state index is 12.2. The maximum Gasteiger partial charge on any atom is 0.134 e. The minimum Gasteiger partial charge on any atom is -0.507 e. The van der Waals surface area contributed by atoms with Crippen molar-refractivity contribution in [3.63, 3.8) is 0 Å². The molecule has 1 unspecified atom stereocenters. The van der Waals surface area contributed by atoms with E-state index in [-0.39, 0.29) is 23.7 Å². The lowest BCUT2D eigenvalue weighted by atomic mass is 9.77. The molecule has 0 saturated carbocycles. The first-order chi connectivity index (χ1) is 29.9. The van der Waals surface area contributed by atoms with Gasteiger partial charge in [-0.2, -0.15) is 0 Å². The summed E-state index contributed by atoms with van der Waals surface area (Å²) in [7, 11) is 0. The molecule has 2 heterocycles. The molecule has 61 heavy (non-hydrogen) atoms. The van der Waals surface area contributed by atoms with Gasteiger partial charge in [0.1, 0.15) is 23.0 Å². The van der Waals surface area contributed by atoms with E-state index in [1.54, 1.807) is 12.4 Å². The van der Waals surface area contributed by atoms with Gasteiger partial charge in [0, 0.05) is 64.6 Å². The second-order valence-corrected chi connectivity index (χ2v) is 18.1. The Hall–Kier alpha value is -5.62. The van der Waals surface area contributed by atoms with Crippen LogP contribution in [0.1, 0.15) is 116 Å². The third-order valence-electron chi connectivity index (χ3n) is 14.0. The quantitative estimate of drug-likeness (QED) is 0.143. The Balaban J connectivity index is 0.903. The minimum atomic E-state index is -0.205. The number of para-hydroxylation sites is 2. The summed E-state index contributed by atoms with van der Waals surface area (Å²) in [5.74, 6) is 1.94. The zero-order valence-electron chi connectivity index (χ0n) is 35.9. The van der Waals surface area contributed by atoms with Gasteiger partial charge in [0.2, 0.25) is 0 Å². The number of hydrogen-bond acceptors (Lipinski definition) is 6. The Morgan fingerprint density at radius 2 is 0.770 bits per heavy atom. The van der Waals surface area contributed by atoms with E-state index in [0.29, 0.717) is 29.0 Å². The second-order valence-electron chi connectivity index (χ2n) is 18.1. The predicted octanol–water partition coefficient (Wildman–Crippen LogP) is 12.7. The molecule has 0 spiro atoms. The molecule has 6 nitrogen and oxygen atoms in total. The number of ether oxygens (including phenoxy) is 2. The smallest absolute Gasteiger partial charge is 0.134 e. The summed E-state index contributed by atoms with van der Waals surface area (Å²) in [6.45, 7) is 4.14. The van der Waals surface area contributed by atoms with Crippen molar-refractivity contribution < 1.29 is 19.7 Å². The lowest BCUT2D eigenvalue weighted by Crippen LogP contribution is -2.23. The molecule has 2 aromatic heterocycles. The van der Waals surface area contributed by atoms with E-state index in [4.69, 9.17) is 19.4 Å². The highest BCUT2D eigenvalue weighted by Gasteiger charge is 2.28. The fourth-order valence-corrected chi connectivity index (χ4v) is 11.2. The summed E-state index contributed by atoms with van der Waals surface area (Å²) in [6, 6.07) is 20.9. The van der Waals surface area contributed by atoms with Crippen molar-refractivity contribution in [3.8, 4) is 67.5 Å². The molecule has 0 fully saturated rings. The first-order valence-electron chi connectivity index (χ1n) is 23.1. The monoisotopic (exact) mass is 810 g/mol. The van der Waals surface area contributed by atoms with Crippen molar-refractivity contribution in [2.75, 3.05) is 0 Å². The second kappa shape index (κ2) is 17.0. The molecule has 10 rings (SSSR count).